The highest BCUT2D eigenvalue weighted by Crippen LogP contribution is 2.29. The lowest BCUT2D eigenvalue weighted by Gasteiger charge is -2.32. The van der Waals surface area contributed by atoms with Crippen LogP contribution in [0.25, 0.3) is 11.3 Å². The number of ether oxygens (including phenoxy) is 1. The zero-order chi connectivity index (χ0) is 32.2. The lowest BCUT2D eigenvalue weighted by molar-refractivity contribution is -0.192. The minimum absolute atomic E-state index is 0.603. The van der Waals surface area contributed by atoms with Gasteiger partial charge in [-0.15, -0.1) is 11.3 Å². The Morgan fingerprint density at radius 1 is 1.04 bits per heavy atom. The summed E-state index contributed by atoms with van der Waals surface area (Å²) in [6, 6.07) is 14.9. The maximum absolute atomic E-state index is 10.6. The van der Waals surface area contributed by atoms with Crippen LogP contribution in [0.1, 0.15) is 31.2 Å². The van der Waals surface area contributed by atoms with Gasteiger partial charge in [0.2, 0.25) is 0 Å². The van der Waals surface area contributed by atoms with E-state index in [1.807, 2.05) is 12.1 Å². The van der Waals surface area contributed by atoms with Crippen LogP contribution >= 0.6 is 34.5 Å². The van der Waals surface area contributed by atoms with Crippen molar-refractivity contribution in [2.45, 2.75) is 44.4 Å². The average molecular weight is 689 g/mol. The molecule has 0 spiro atoms. The summed E-state index contributed by atoms with van der Waals surface area (Å²) in [5.41, 5.74) is 3.41. The largest absolute Gasteiger partial charge is 0.494 e. The number of rotatable bonds is 11. The molecule has 8 nitrogen and oxygen atoms in total. The first-order chi connectivity index (χ1) is 21.6. The summed E-state index contributed by atoms with van der Waals surface area (Å²) < 4.78 is 37.7. The van der Waals surface area contributed by atoms with E-state index >= 15 is 0 Å². The van der Waals surface area contributed by atoms with E-state index in [-0.39, 0.29) is 0 Å². The molecule has 2 aromatic carbocycles. The van der Waals surface area contributed by atoms with E-state index < -0.39 is 12.1 Å². The molecule has 3 N–H and O–H groups in total. The van der Waals surface area contributed by atoms with E-state index in [0.29, 0.717) is 16.1 Å². The molecule has 3 aromatic rings. The van der Waals surface area contributed by atoms with Crippen LogP contribution in [-0.4, -0.2) is 85.6 Å². The molecule has 1 aromatic heterocycles. The number of hydrogen-bond donors (Lipinski definition) is 3. The average Bonchev–Trinajstić information content (AvgIpc) is 3.53. The fourth-order valence-corrected chi connectivity index (χ4v) is 6.24. The highest BCUT2D eigenvalue weighted by Gasteiger charge is 2.38. The Hall–Kier alpha value is -2.61. The lowest BCUT2D eigenvalue weighted by Crippen LogP contribution is -2.43. The van der Waals surface area contributed by atoms with Crippen molar-refractivity contribution in [2.24, 2.45) is 0 Å². The molecule has 0 unspecified atom stereocenters. The third-order valence-corrected chi connectivity index (χ3v) is 9.16. The predicted octanol–water partition coefficient (Wildman–Crippen LogP) is 6.57. The summed E-state index contributed by atoms with van der Waals surface area (Å²) in [5.74, 6) is -1.83. The number of nitrogens with zero attached hydrogens (tertiary/aromatic N) is 3. The molecular formula is C31H38Cl2F3N5O3S. The number of carboxylic acid groups (broad SMARTS) is 1. The topological polar surface area (TPSA) is 90.0 Å². The van der Waals surface area contributed by atoms with Crippen molar-refractivity contribution in [3.05, 3.63) is 63.5 Å². The highest BCUT2D eigenvalue weighted by atomic mass is 35.5. The normalized spacial score (nSPS) is 16.2. The Morgan fingerprint density at radius 2 is 1.73 bits per heavy atom. The Kier molecular flexibility index (Phi) is 13.6. The molecule has 45 heavy (non-hydrogen) atoms. The molecular weight excluding hydrogens is 650 g/mol. The fourth-order valence-electron chi connectivity index (χ4n) is 5.03. The number of anilines is 1. The fraction of sp³-hybridized carbons (Fsp3) is 0.484. The Balaban J connectivity index is 0.000000591. The van der Waals surface area contributed by atoms with Gasteiger partial charge in [0.25, 0.3) is 0 Å². The first kappa shape index (κ1) is 35.2. The minimum Gasteiger partial charge on any atom is -0.494 e. The van der Waals surface area contributed by atoms with Gasteiger partial charge >= 0.3 is 12.1 Å². The van der Waals surface area contributed by atoms with Crippen LogP contribution in [0.5, 0.6) is 5.75 Å². The van der Waals surface area contributed by atoms with E-state index in [1.54, 1.807) is 11.3 Å². The molecule has 3 heterocycles. The number of piperidine rings is 1. The van der Waals surface area contributed by atoms with Gasteiger partial charge in [0.1, 0.15) is 5.75 Å². The van der Waals surface area contributed by atoms with E-state index in [2.05, 4.69) is 56.1 Å². The van der Waals surface area contributed by atoms with Gasteiger partial charge in [-0.1, -0.05) is 29.3 Å². The summed E-state index contributed by atoms with van der Waals surface area (Å²) >= 11 is 13.9. The summed E-state index contributed by atoms with van der Waals surface area (Å²) in [7, 11) is 0. The number of carboxylic acids is 1. The number of piperazine rings is 1. The number of thiazole rings is 1. The molecule has 2 aliphatic heterocycles. The molecule has 0 aliphatic carbocycles. The van der Waals surface area contributed by atoms with E-state index in [9.17, 15) is 13.2 Å². The van der Waals surface area contributed by atoms with Crippen LogP contribution in [0.2, 0.25) is 10.0 Å². The van der Waals surface area contributed by atoms with Crippen molar-refractivity contribution in [1.29, 1.82) is 0 Å². The molecule has 0 amide bonds. The van der Waals surface area contributed by atoms with Gasteiger partial charge in [-0.2, -0.15) is 13.2 Å². The van der Waals surface area contributed by atoms with Gasteiger partial charge in [-0.25, -0.2) is 9.78 Å². The quantitative estimate of drug-likeness (QED) is 0.195. The second kappa shape index (κ2) is 17.3. The minimum atomic E-state index is -5.08. The Bertz CT molecular complexity index is 1350. The zero-order valence-corrected chi connectivity index (χ0v) is 27.1. The molecule has 2 aliphatic rings. The highest BCUT2D eigenvalue weighted by molar-refractivity contribution is 7.14. The van der Waals surface area contributed by atoms with Gasteiger partial charge in [0.15, 0.2) is 5.13 Å². The summed E-state index contributed by atoms with van der Waals surface area (Å²) in [5, 5.41) is 18.8. The SMILES string of the molecule is Clc1ccc(CN2CCC(NCCCCOc3ccc(-c4csc(N5CCNCC5)n4)cc3)CC2)cc1Cl.O=C(O)C(F)(F)F. The number of unbranched alkanes of at least 4 members (excludes halogenated alkanes) is 1. The lowest BCUT2D eigenvalue weighted by atomic mass is 10.0. The maximum Gasteiger partial charge on any atom is 0.490 e. The van der Waals surface area contributed by atoms with Crippen molar-refractivity contribution in [3.8, 4) is 17.0 Å². The summed E-state index contributed by atoms with van der Waals surface area (Å²) in [6.45, 7) is 9.03. The number of nitrogens with one attached hydrogen (secondary N) is 2. The molecule has 5 rings (SSSR count). The number of carbonyl (C=O) groups is 1. The molecule has 14 heteroatoms. The molecule has 0 bridgehead atoms. The number of benzene rings is 2. The van der Waals surface area contributed by atoms with Crippen LogP contribution < -0.4 is 20.3 Å². The molecule has 246 valence electrons. The van der Waals surface area contributed by atoms with Gasteiger partial charge in [0.05, 0.1) is 22.3 Å². The summed E-state index contributed by atoms with van der Waals surface area (Å²) in [4.78, 5) is 18.6. The molecule has 0 saturated carbocycles. The smallest absolute Gasteiger partial charge is 0.490 e. The van der Waals surface area contributed by atoms with Gasteiger partial charge in [-0.05, 0) is 87.3 Å². The first-order valence-electron chi connectivity index (χ1n) is 14.9. The van der Waals surface area contributed by atoms with E-state index in [1.165, 1.54) is 18.4 Å². The van der Waals surface area contributed by atoms with Crippen molar-refractivity contribution >= 4 is 45.6 Å². The monoisotopic (exact) mass is 687 g/mol. The number of hydrogen-bond acceptors (Lipinski definition) is 8. The summed E-state index contributed by atoms with van der Waals surface area (Å²) in [6.07, 6.45) is -0.556. The molecule has 2 fully saturated rings. The van der Waals surface area contributed by atoms with Gasteiger partial charge in [0, 0.05) is 49.7 Å². The number of aliphatic carboxylic acids is 1. The zero-order valence-electron chi connectivity index (χ0n) is 24.8. The van der Waals surface area contributed by atoms with Crippen LogP contribution in [0.4, 0.5) is 18.3 Å². The standard InChI is InChI=1S/C29H37Cl2N5OS.C2HF3O2/c30-26-8-3-22(19-27(26)31)20-35-14-9-24(10-15-35)33-11-1-2-18-37-25-6-4-23(5-7-25)28-21-38-29(34-28)36-16-12-32-13-17-36;3-2(4,5)1(6)7/h3-8,19,21,24,32-33H,1-2,9-18,20H2;(H,6,7). The van der Waals surface area contributed by atoms with Crippen LogP contribution in [0.15, 0.2) is 47.8 Å². The number of likely N-dealkylation sites (tertiary alicyclic amines) is 1. The second-order valence-corrected chi connectivity index (χ2v) is 12.5. The van der Waals surface area contributed by atoms with Crippen LogP contribution in [0.3, 0.4) is 0 Å². The van der Waals surface area contributed by atoms with Crippen molar-refractivity contribution < 1.29 is 27.8 Å². The number of aromatic nitrogens is 1. The molecule has 0 radical (unpaired) electrons. The van der Waals surface area contributed by atoms with Crippen molar-refractivity contribution in [3.63, 3.8) is 0 Å². The Morgan fingerprint density at radius 3 is 2.38 bits per heavy atom. The van der Waals surface area contributed by atoms with Crippen molar-refractivity contribution in [2.75, 3.05) is 57.3 Å². The van der Waals surface area contributed by atoms with Crippen molar-refractivity contribution in [1.82, 2.24) is 20.5 Å². The maximum atomic E-state index is 10.6. The second-order valence-electron chi connectivity index (χ2n) is 10.9. The number of alkyl halides is 3. The molecule has 2 saturated heterocycles. The number of halogens is 5. The van der Waals surface area contributed by atoms with Crippen LogP contribution in [0, 0.1) is 0 Å². The van der Waals surface area contributed by atoms with Crippen LogP contribution in [-0.2, 0) is 11.3 Å². The Labute approximate surface area is 275 Å². The first-order valence-corrected chi connectivity index (χ1v) is 16.6. The van der Waals surface area contributed by atoms with Gasteiger partial charge < -0.3 is 25.4 Å². The third kappa shape index (κ3) is 11.6. The van der Waals surface area contributed by atoms with Gasteiger partial charge in [-0.3, -0.25) is 4.90 Å². The third-order valence-electron chi connectivity index (χ3n) is 7.52. The molecule has 0 atom stereocenters. The van der Waals surface area contributed by atoms with E-state index in [4.69, 9.17) is 42.8 Å². The predicted molar refractivity (Wildman–Crippen MR) is 174 cm³/mol. The van der Waals surface area contributed by atoms with E-state index in [0.717, 1.165) is 93.9 Å².